The molecule has 144 valence electrons. The number of halogens is 3. The van der Waals surface area contributed by atoms with Crippen molar-refractivity contribution >= 4 is 34.5 Å². The Morgan fingerprint density at radius 2 is 1.81 bits per heavy atom. The Balaban J connectivity index is 2.25. The van der Waals surface area contributed by atoms with Crippen molar-refractivity contribution in [2.75, 3.05) is 14.1 Å². The van der Waals surface area contributed by atoms with Gasteiger partial charge in [0.2, 0.25) is 0 Å². The van der Waals surface area contributed by atoms with Crippen molar-refractivity contribution in [1.82, 2.24) is 9.80 Å². The van der Waals surface area contributed by atoms with Gasteiger partial charge in [-0.05, 0) is 29.2 Å². The molecule has 27 heavy (non-hydrogen) atoms. The van der Waals surface area contributed by atoms with E-state index in [4.69, 9.17) is 12.2 Å². The summed E-state index contributed by atoms with van der Waals surface area (Å²) < 4.78 is 42.3. The summed E-state index contributed by atoms with van der Waals surface area (Å²) in [4.78, 5) is 15.3. The second kappa shape index (κ2) is 6.88. The summed E-state index contributed by atoms with van der Waals surface area (Å²) in [5.41, 5.74) is -2.97. The highest BCUT2D eigenvalue weighted by molar-refractivity contribution is 7.80. The van der Waals surface area contributed by atoms with Crippen molar-refractivity contribution < 1.29 is 23.1 Å². The highest BCUT2D eigenvalue weighted by Gasteiger charge is 2.69. The van der Waals surface area contributed by atoms with Crippen molar-refractivity contribution in [2.45, 2.75) is 17.9 Å². The van der Waals surface area contributed by atoms with E-state index in [2.05, 4.69) is 0 Å². The number of ketones is 1. The lowest BCUT2D eigenvalue weighted by Crippen LogP contribution is -2.72. The molecule has 0 spiro atoms. The van der Waals surface area contributed by atoms with Crippen LogP contribution in [0.1, 0.15) is 21.3 Å². The maximum Gasteiger partial charge on any atom is 0.437 e. The number of alkyl halides is 3. The zero-order valence-electron chi connectivity index (χ0n) is 14.5. The summed E-state index contributed by atoms with van der Waals surface area (Å²) in [6, 6.07) is 10.3. The molecule has 0 radical (unpaired) electrons. The van der Waals surface area contributed by atoms with Crippen molar-refractivity contribution in [1.29, 1.82) is 0 Å². The first kappa shape index (κ1) is 19.8. The lowest BCUT2D eigenvalue weighted by atomic mass is 9.77. The van der Waals surface area contributed by atoms with Gasteiger partial charge in [0.25, 0.3) is 5.72 Å². The third-order valence-electron chi connectivity index (χ3n) is 4.87. The van der Waals surface area contributed by atoms with Gasteiger partial charge >= 0.3 is 6.18 Å². The molecule has 2 aromatic rings. The summed E-state index contributed by atoms with van der Waals surface area (Å²) in [5.74, 6) is -2.60. The molecule has 1 N–H and O–H groups in total. The van der Waals surface area contributed by atoms with E-state index in [9.17, 15) is 23.1 Å². The van der Waals surface area contributed by atoms with E-state index in [0.717, 1.165) is 18.4 Å². The molecular weight excluding hydrogens is 397 g/mol. The fourth-order valence-electron chi connectivity index (χ4n) is 3.48. The van der Waals surface area contributed by atoms with Gasteiger partial charge in [0.05, 0.1) is 10.9 Å². The van der Waals surface area contributed by atoms with Crippen LogP contribution in [0.3, 0.4) is 0 Å². The topological polar surface area (TPSA) is 43.8 Å². The molecule has 1 aliphatic rings. The number of rotatable bonds is 3. The van der Waals surface area contributed by atoms with Crippen molar-refractivity contribution in [3.63, 3.8) is 0 Å². The van der Waals surface area contributed by atoms with Gasteiger partial charge in [0, 0.05) is 14.1 Å². The molecule has 0 amide bonds. The fraction of sp³-hybridized carbons (Fsp3) is 0.333. The van der Waals surface area contributed by atoms with Gasteiger partial charge in [-0.2, -0.15) is 13.2 Å². The van der Waals surface area contributed by atoms with Gasteiger partial charge in [-0.25, -0.2) is 0 Å². The summed E-state index contributed by atoms with van der Waals surface area (Å²) in [5, 5.41) is 12.3. The van der Waals surface area contributed by atoms with Gasteiger partial charge in [-0.1, -0.05) is 36.4 Å². The smallest absolute Gasteiger partial charge is 0.363 e. The van der Waals surface area contributed by atoms with E-state index < -0.39 is 29.6 Å². The van der Waals surface area contributed by atoms with Crippen LogP contribution in [0.2, 0.25) is 0 Å². The summed E-state index contributed by atoms with van der Waals surface area (Å²) in [7, 11) is 2.59. The zero-order valence-corrected chi connectivity index (χ0v) is 16.1. The number of carbonyl (C=O) groups excluding carboxylic acids is 1. The molecule has 1 aromatic heterocycles. The first-order chi connectivity index (χ1) is 12.6. The lowest BCUT2D eigenvalue weighted by molar-refractivity contribution is -0.324. The van der Waals surface area contributed by atoms with E-state index in [1.807, 2.05) is 0 Å². The molecule has 9 heteroatoms. The van der Waals surface area contributed by atoms with Crippen LogP contribution in [0, 0.1) is 5.92 Å². The first-order valence-corrected chi connectivity index (χ1v) is 9.32. The normalized spacial score (nSPS) is 26.4. The van der Waals surface area contributed by atoms with Crippen LogP contribution in [0.4, 0.5) is 13.2 Å². The van der Waals surface area contributed by atoms with Gasteiger partial charge in [-0.15, -0.1) is 11.3 Å². The summed E-state index contributed by atoms with van der Waals surface area (Å²) in [6.07, 6.45) is -5.10. The van der Waals surface area contributed by atoms with Crippen molar-refractivity contribution in [2.24, 2.45) is 5.92 Å². The molecular formula is C18H17F3N2O2S2. The SMILES string of the molecule is CN1C(=S)N(C)[C@@](O)(C(F)(F)F)[C@@H](C(=O)c2cccs2)[C@@H]1c1ccccc1. The number of Topliss-reactive ketones (excluding diaryl/α,β-unsaturated/α-hetero) is 1. The standard InChI is InChI=1S/C18H17F3N2O2S2/c1-22-14(11-7-4-3-5-8-11)13(15(24)12-9-6-10-27-12)17(25,18(19,20)21)23(2)16(22)26/h3-10,13-14,25H,1-2H3/t13-,14+,17+/m1/s1. The molecule has 1 fully saturated rings. The van der Waals surface area contributed by atoms with Crippen molar-refractivity contribution in [3.8, 4) is 0 Å². The number of carbonyl (C=O) groups is 1. The number of hydrogen-bond acceptors (Lipinski definition) is 4. The van der Waals surface area contributed by atoms with E-state index >= 15 is 0 Å². The minimum absolute atomic E-state index is 0.151. The quantitative estimate of drug-likeness (QED) is 0.613. The predicted octanol–water partition coefficient (Wildman–Crippen LogP) is 3.70. The largest absolute Gasteiger partial charge is 0.437 e. The number of thiophene rings is 1. The average Bonchev–Trinajstić information content (AvgIpc) is 3.16. The predicted molar refractivity (Wildman–Crippen MR) is 100 cm³/mol. The average molecular weight is 414 g/mol. The van der Waals surface area contributed by atoms with Gasteiger partial charge in [0.1, 0.15) is 5.92 Å². The van der Waals surface area contributed by atoms with Crippen molar-refractivity contribution in [3.05, 3.63) is 58.3 Å². The molecule has 0 aliphatic carbocycles. The Labute approximate surface area is 163 Å². The number of benzene rings is 1. The number of aliphatic hydroxyl groups is 1. The number of hydrogen-bond donors (Lipinski definition) is 1. The van der Waals surface area contributed by atoms with Crippen LogP contribution in [0.25, 0.3) is 0 Å². The summed E-state index contributed by atoms with van der Waals surface area (Å²) >= 11 is 6.21. The Morgan fingerprint density at radius 3 is 2.33 bits per heavy atom. The van der Waals surface area contributed by atoms with Crippen LogP contribution in [0.5, 0.6) is 0 Å². The van der Waals surface area contributed by atoms with Crippen LogP contribution >= 0.6 is 23.6 Å². The van der Waals surface area contributed by atoms with Crippen LogP contribution < -0.4 is 0 Å². The lowest BCUT2D eigenvalue weighted by Gasteiger charge is -2.54. The zero-order chi connectivity index (χ0) is 20.0. The third-order valence-corrected chi connectivity index (χ3v) is 6.32. The molecule has 4 nitrogen and oxygen atoms in total. The molecule has 0 unspecified atom stereocenters. The second-order valence-corrected chi connectivity index (χ2v) is 7.66. The Kier molecular flexibility index (Phi) is 5.04. The van der Waals surface area contributed by atoms with E-state index in [1.54, 1.807) is 41.8 Å². The van der Waals surface area contributed by atoms with E-state index in [0.29, 0.717) is 10.5 Å². The molecule has 3 atom stereocenters. The number of nitrogens with zero attached hydrogens (tertiary/aromatic N) is 2. The van der Waals surface area contributed by atoms with Gasteiger partial charge < -0.3 is 14.9 Å². The minimum Gasteiger partial charge on any atom is -0.363 e. The van der Waals surface area contributed by atoms with E-state index in [-0.39, 0.29) is 9.99 Å². The minimum atomic E-state index is -5.10. The van der Waals surface area contributed by atoms with Crippen LogP contribution in [-0.4, -0.2) is 51.8 Å². The summed E-state index contributed by atoms with van der Waals surface area (Å²) in [6.45, 7) is 0. The third kappa shape index (κ3) is 3.03. The molecule has 3 rings (SSSR count). The Hall–Kier alpha value is -1.97. The molecule has 1 aliphatic heterocycles. The van der Waals surface area contributed by atoms with E-state index in [1.165, 1.54) is 18.0 Å². The van der Waals surface area contributed by atoms with Gasteiger partial charge in [0.15, 0.2) is 10.9 Å². The maximum atomic E-state index is 14.1. The van der Waals surface area contributed by atoms with Gasteiger partial charge in [-0.3, -0.25) is 4.79 Å². The Morgan fingerprint density at radius 1 is 1.19 bits per heavy atom. The fourth-order valence-corrected chi connectivity index (χ4v) is 4.44. The maximum absolute atomic E-state index is 14.1. The molecule has 0 bridgehead atoms. The van der Waals surface area contributed by atoms with Crippen LogP contribution in [0.15, 0.2) is 47.8 Å². The Bertz CT molecular complexity index is 842. The molecule has 2 heterocycles. The second-order valence-electron chi connectivity index (χ2n) is 6.35. The van der Waals surface area contributed by atoms with Crippen LogP contribution in [-0.2, 0) is 0 Å². The molecule has 0 saturated carbocycles. The molecule has 1 saturated heterocycles. The molecule has 1 aromatic carbocycles. The number of thiocarbonyl (C=S) groups is 1. The monoisotopic (exact) mass is 414 g/mol. The highest BCUT2D eigenvalue weighted by atomic mass is 32.1. The first-order valence-electron chi connectivity index (χ1n) is 8.03. The highest BCUT2D eigenvalue weighted by Crippen LogP contribution is 2.50.